The van der Waals surface area contributed by atoms with Crippen molar-refractivity contribution in [2.75, 3.05) is 11.9 Å². The van der Waals surface area contributed by atoms with E-state index in [1.54, 1.807) is 10.8 Å². The summed E-state index contributed by atoms with van der Waals surface area (Å²) in [5.74, 6) is 0.519. The molecule has 28 heavy (non-hydrogen) atoms. The van der Waals surface area contributed by atoms with Crippen LogP contribution < -0.4 is 10.1 Å². The highest BCUT2D eigenvalue weighted by Gasteiger charge is 2.08. The first-order valence-electron chi connectivity index (χ1n) is 9.01. The smallest absolute Gasteiger partial charge is 0.262 e. The van der Waals surface area contributed by atoms with Crippen molar-refractivity contribution in [2.24, 2.45) is 0 Å². The number of carbonyl (C=O) groups excluding carboxylic acids is 1. The molecule has 0 saturated heterocycles. The Balaban J connectivity index is 1.45. The molecule has 0 saturated carbocycles. The van der Waals surface area contributed by atoms with Crippen molar-refractivity contribution in [3.05, 3.63) is 72.6 Å². The molecular weight excluding hydrogens is 354 g/mol. The summed E-state index contributed by atoms with van der Waals surface area (Å²) in [5.41, 5.74) is 4.08. The van der Waals surface area contributed by atoms with Gasteiger partial charge in [-0.25, -0.2) is 0 Å². The fourth-order valence-electron chi connectivity index (χ4n) is 2.92. The number of fused-ring (bicyclic) bond motifs is 1. The Labute approximate surface area is 162 Å². The van der Waals surface area contributed by atoms with E-state index < -0.39 is 0 Å². The summed E-state index contributed by atoms with van der Waals surface area (Å²) in [4.78, 5) is 12.3. The number of anilines is 1. The lowest BCUT2D eigenvalue weighted by Crippen LogP contribution is -2.20. The van der Waals surface area contributed by atoms with Gasteiger partial charge in [-0.2, -0.15) is 9.61 Å². The number of rotatable bonds is 6. The maximum atomic E-state index is 12.3. The Bertz CT molecular complexity index is 1120. The first-order chi connectivity index (χ1) is 13.7. The molecular formula is C21H19N5O2. The van der Waals surface area contributed by atoms with Gasteiger partial charge in [0.05, 0.1) is 5.69 Å². The molecule has 2 aromatic carbocycles. The molecule has 0 unspecified atom stereocenters. The number of hydrogen-bond acceptors (Lipinski definition) is 5. The minimum Gasteiger partial charge on any atom is -0.483 e. The van der Waals surface area contributed by atoms with Crippen molar-refractivity contribution in [3.63, 3.8) is 0 Å². The molecule has 140 valence electrons. The second-order valence-electron chi connectivity index (χ2n) is 6.23. The largest absolute Gasteiger partial charge is 0.483 e. The van der Waals surface area contributed by atoms with Crippen LogP contribution >= 0.6 is 0 Å². The highest BCUT2D eigenvalue weighted by atomic mass is 16.5. The number of carbonyl (C=O) groups is 1. The normalized spacial score (nSPS) is 10.8. The second kappa shape index (κ2) is 7.87. The molecule has 2 aromatic heterocycles. The predicted molar refractivity (Wildman–Crippen MR) is 106 cm³/mol. The Morgan fingerprint density at radius 1 is 1.11 bits per heavy atom. The van der Waals surface area contributed by atoms with Crippen molar-refractivity contribution in [2.45, 2.75) is 13.3 Å². The summed E-state index contributed by atoms with van der Waals surface area (Å²) >= 11 is 0. The zero-order valence-electron chi connectivity index (χ0n) is 15.4. The Morgan fingerprint density at radius 3 is 2.89 bits per heavy atom. The summed E-state index contributed by atoms with van der Waals surface area (Å²) in [6.45, 7) is 2.01. The molecule has 1 amide bonds. The Hall–Kier alpha value is -3.74. The van der Waals surface area contributed by atoms with Crippen LogP contribution in [0.1, 0.15) is 12.5 Å². The van der Waals surface area contributed by atoms with Crippen LogP contribution in [0.25, 0.3) is 16.9 Å². The lowest BCUT2D eigenvalue weighted by atomic mass is 10.1. The molecule has 0 radical (unpaired) electrons. The molecule has 2 heterocycles. The SMILES string of the molecule is CCc1ccccc1OCC(=O)Nc1cccc(-c2ccc3nncn3n2)c1. The van der Waals surface area contributed by atoms with Gasteiger partial charge in [0, 0.05) is 11.3 Å². The van der Waals surface area contributed by atoms with Gasteiger partial charge < -0.3 is 10.1 Å². The van der Waals surface area contributed by atoms with E-state index in [-0.39, 0.29) is 12.5 Å². The zero-order chi connectivity index (χ0) is 19.3. The molecule has 0 atom stereocenters. The lowest BCUT2D eigenvalue weighted by Gasteiger charge is -2.11. The second-order valence-corrected chi connectivity index (χ2v) is 6.23. The Morgan fingerprint density at radius 2 is 2.00 bits per heavy atom. The van der Waals surface area contributed by atoms with Crippen LogP contribution in [-0.2, 0) is 11.2 Å². The van der Waals surface area contributed by atoms with E-state index in [0.717, 1.165) is 29.0 Å². The van der Waals surface area contributed by atoms with Crippen LogP contribution in [0.4, 0.5) is 5.69 Å². The van der Waals surface area contributed by atoms with Gasteiger partial charge in [0.1, 0.15) is 12.1 Å². The van der Waals surface area contributed by atoms with Crippen LogP contribution in [0.3, 0.4) is 0 Å². The first-order valence-corrected chi connectivity index (χ1v) is 9.01. The number of nitrogens with one attached hydrogen (secondary N) is 1. The molecule has 4 rings (SSSR count). The summed E-state index contributed by atoms with van der Waals surface area (Å²) in [6.07, 6.45) is 2.40. The fourth-order valence-corrected chi connectivity index (χ4v) is 2.92. The number of amides is 1. The van der Waals surface area contributed by atoms with Crippen LogP contribution in [0.15, 0.2) is 67.0 Å². The van der Waals surface area contributed by atoms with E-state index in [0.29, 0.717) is 11.3 Å². The van der Waals surface area contributed by atoms with Crippen molar-refractivity contribution < 1.29 is 9.53 Å². The van der Waals surface area contributed by atoms with Gasteiger partial charge in [0.15, 0.2) is 12.3 Å². The van der Waals surface area contributed by atoms with Crippen molar-refractivity contribution >= 4 is 17.2 Å². The molecule has 7 nitrogen and oxygen atoms in total. The zero-order valence-corrected chi connectivity index (χ0v) is 15.4. The average molecular weight is 373 g/mol. The molecule has 0 aliphatic heterocycles. The maximum absolute atomic E-state index is 12.3. The fraction of sp³-hybridized carbons (Fsp3) is 0.143. The van der Waals surface area contributed by atoms with Crippen molar-refractivity contribution in [3.8, 4) is 17.0 Å². The molecule has 0 bridgehead atoms. The van der Waals surface area contributed by atoms with Gasteiger partial charge in [-0.1, -0.05) is 37.3 Å². The highest BCUT2D eigenvalue weighted by molar-refractivity contribution is 5.92. The maximum Gasteiger partial charge on any atom is 0.262 e. The number of para-hydroxylation sites is 1. The molecule has 1 N–H and O–H groups in total. The topological polar surface area (TPSA) is 81.4 Å². The summed E-state index contributed by atoms with van der Waals surface area (Å²) < 4.78 is 7.29. The van der Waals surface area contributed by atoms with Gasteiger partial charge >= 0.3 is 0 Å². The monoisotopic (exact) mass is 373 g/mol. The number of ether oxygens (including phenoxy) is 1. The van der Waals surface area contributed by atoms with E-state index in [1.165, 1.54) is 0 Å². The van der Waals surface area contributed by atoms with Crippen molar-refractivity contribution in [1.29, 1.82) is 0 Å². The molecule has 4 aromatic rings. The molecule has 0 fully saturated rings. The van der Waals surface area contributed by atoms with E-state index in [2.05, 4.69) is 27.5 Å². The van der Waals surface area contributed by atoms with Gasteiger partial charge in [-0.3, -0.25) is 4.79 Å². The Kier molecular flexibility index (Phi) is 4.97. The van der Waals surface area contributed by atoms with Gasteiger partial charge in [0.25, 0.3) is 5.91 Å². The first kappa shape index (κ1) is 17.7. The molecule has 0 aliphatic carbocycles. The number of benzene rings is 2. The minimum absolute atomic E-state index is 0.0494. The highest BCUT2D eigenvalue weighted by Crippen LogP contribution is 2.21. The average Bonchev–Trinajstić information content (AvgIpc) is 3.20. The summed E-state index contributed by atoms with van der Waals surface area (Å²) in [6, 6.07) is 19.0. The van der Waals surface area contributed by atoms with Gasteiger partial charge in [0.2, 0.25) is 0 Å². The third-order valence-corrected chi connectivity index (χ3v) is 4.32. The summed E-state index contributed by atoms with van der Waals surface area (Å²) in [5, 5.41) is 15.1. The standard InChI is InChI=1S/C21H19N5O2/c1-2-15-6-3-4-9-19(15)28-13-21(27)23-17-8-5-7-16(12-17)18-10-11-20-24-22-14-26(20)25-18/h3-12,14H,2,13H2,1H3,(H,23,27). The molecule has 7 heteroatoms. The van der Waals surface area contributed by atoms with E-state index in [4.69, 9.17) is 4.74 Å². The van der Waals surface area contributed by atoms with Crippen LogP contribution in [0.2, 0.25) is 0 Å². The van der Waals surface area contributed by atoms with Crippen LogP contribution in [-0.4, -0.2) is 32.3 Å². The third-order valence-electron chi connectivity index (χ3n) is 4.32. The number of aromatic nitrogens is 4. The van der Waals surface area contributed by atoms with E-state index in [1.807, 2.05) is 60.7 Å². The van der Waals surface area contributed by atoms with E-state index >= 15 is 0 Å². The quantitative estimate of drug-likeness (QED) is 0.560. The van der Waals surface area contributed by atoms with Gasteiger partial charge in [-0.15, -0.1) is 10.2 Å². The number of aryl methyl sites for hydroxylation is 1. The lowest BCUT2D eigenvalue weighted by molar-refractivity contribution is -0.118. The van der Waals surface area contributed by atoms with Gasteiger partial charge in [-0.05, 0) is 42.3 Å². The van der Waals surface area contributed by atoms with E-state index in [9.17, 15) is 4.79 Å². The van der Waals surface area contributed by atoms with Crippen LogP contribution in [0, 0.1) is 0 Å². The minimum atomic E-state index is -0.217. The number of hydrogen-bond donors (Lipinski definition) is 1. The predicted octanol–water partition coefficient (Wildman–Crippen LogP) is 3.37. The summed E-state index contributed by atoms with van der Waals surface area (Å²) in [7, 11) is 0. The number of nitrogens with zero attached hydrogens (tertiary/aromatic N) is 4. The molecule has 0 spiro atoms. The van der Waals surface area contributed by atoms with Crippen molar-refractivity contribution in [1.82, 2.24) is 19.8 Å². The molecule has 0 aliphatic rings. The third kappa shape index (κ3) is 3.83. The van der Waals surface area contributed by atoms with Crippen LogP contribution in [0.5, 0.6) is 5.75 Å².